The van der Waals surface area contributed by atoms with E-state index in [9.17, 15) is 4.79 Å². The number of oxazole rings is 1. The zero-order chi connectivity index (χ0) is 15.2. The van der Waals surface area contributed by atoms with E-state index in [2.05, 4.69) is 34.1 Å². The number of carbonyl (C=O) groups is 1. The Labute approximate surface area is 128 Å². The molecule has 0 amide bonds. The molecule has 22 heavy (non-hydrogen) atoms. The lowest BCUT2D eigenvalue weighted by atomic mass is 9.61. The van der Waals surface area contributed by atoms with Crippen LogP contribution in [-0.2, 0) is 0 Å². The monoisotopic (exact) mass is 298 g/mol. The van der Waals surface area contributed by atoms with Crippen molar-refractivity contribution in [3.8, 4) is 0 Å². The molecule has 5 nitrogen and oxygen atoms in total. The summed E-state index contributed by atoms with van der Waals surface area (Å²) in [5, 5.41) is 8.99. The lowest BCUT2D eigenvalue weighted by Gasteiger charge is -2.42. The smallest absolute Gasteiger partial charge is 0.357 e. The lowest BCUT2D eigenvalue weighted by molar-refractivity contribution is 0.0690. The van der Waals surface area contributed by atoms with E-state index in [0.717, 1.165) is 13.1 Å². The Bertz CT molecular complexity index is 691. The zero-order valence-electron chi connectivity index (χ0n) is 12.2. The molecule has 2 fully saturated rings. The molecule has 1 saturated carbocycles. The molecule has 1 aliphatic heterocycles. The number of carboxylic acids is 1. The van der Waals surface area contributed by atoms with Gasteiger partial charge in [0.05, 0.1) is 0 Å². The Morgan fingerprint density at radius 1 is 1.32 bits per heavy atom. The quantitative estimate of drug-likeness (QED) is 0.943. The number of hydrogen-bond acceptors (Lipinski definition) is 4. The van der Waals surface area contributed by atoms with Gasteiger partial charge in [-0.2, -0.15) is 4.98 Å². The van der Waals surface area contributed by atoms with E-state index in [4.69, 9.17) is 9.52 Å². The van der Waals surface area contributed by atoms with Gasteiger partial charge >= 0.3 is 5.97 Å². The van der Waals surface area contributed by atoms with Gasteiger partial charge in [0.1, 0.15) is 6.26 Å². The lowest BCUT2D eigenvalue weighted by Crippen LogP contribution is -2.36. The number of aromatic nitrogens is 1. The van der Waals surface area contributed by atoms with Crippen LogP contribution in [0.3, 0.4) is 0 Å². The summed E-state index contributed by atoms with van der Waals surface area (Å²) >= 11 is 0. The molecule has 0 bridgehead atoms. The Hall–Kier alpha value is -2.30. The van der Waals surface area contributed by atoms with Crippen molar-refractivity contribution in [2.45, 2.75) is 25.2 Å². The van der Waals surface area contributed by atoms with Gasteiger partial charge in [-0.05, 0) is 23.8 Å². The molecule has 1 saturated heterocycles. The first-order chi connectivity index (χ1) is 10.7. The summed E-state index contributed by atoms with van der Waals surface area (Å²) in [6, 6.07) is 11.0. The number of hydrogen-bond donors (Lipinski definition) is 1. The Morgan fingerprint density at radius 3 is 2.68 bits per heavy atom. The first-order valence-electron chi connectivity index (χ1n) is 7.67. The number of aromatic carboxylic acids is 1. The minimum Gasteiger partial charge on any atom is -0.476 e. The number of nitrogens with zero attached hydrogens (tertiary/aromatic N) is 2. The molecule has 114 valence electrons. The van der Waals surface area contributed by atoms with Crippen LogP contribution in [0.25, 0.3) is 0 Å². The Kier molecular flexibility index (Phi) is 2.96. The largest absolute Gasteiger partial charge is 0.476 e. The van der Waals surface area contributed by atoms with Gasteiger partial charge in [-0.25, -0.2) is 4.79 Å². The molecule has 1 spiro atoms. The normalized spacial score (nSPS) is 22.7. The fourth-order valence-corrected chi connectivity index (χ4v) is 3.90. The first kappa shape index (κ1) is 13.4. The highest BCUT2D eigenvalue weighted by Gasteiger charge is 2.51. The van der Waals surface area contributed by atoms with Crippen molar-refractivity contribution in [3.05, 3.63) is 47.9 Å². The van der Waals surface area contributed by atoms with Crippen LogP contribution in [0.5, 0.6) is 0 Å². The molecule has 1 unspecified atom stereocenters. The highest BCUT2D eigenvalue weighted by atomic mass is 16.4. The number of rotatable bonds is 3. The molecule has 1 atom stereocenters. The van der Waals surface area contributed by atoms with Crippen molar-refractivity contribution in [1.29, 1.82) is 0 Å². The van der Waals surface area contributed by atoms with Crippen LogP contribution in [0.1, 0.15) is 41.2 Å². The van der Waals surface area contributed by atoms with Crippen LogP contribution in [0.2, 0.25) is 0 Å². The highest BCUT2D eigenvalue weighted by Crippen LogP contribution is 2.56. The van der Waals surface area contributed by atoms with Gasteiger partial charge in [0.2, 0.25) is 0 Å². The van der Waals surface area contributed by atoms with E-state index in [1.165, 1.54) is 31.1 Å². The number of anilines is 1. The van der Waals surface area contributed by atoms with E-state index >= 15 is 0 Å². The van der Waals surface area contributed by atoms with Crippen LogP contribution < -0.4 is 4.90 Å². The Morgan fingerprint density at radius 2 is 2.09 bits per heavy atom. The molecule has 1 N–H and O–H groups in total. The maximum atomic E-state index is 11.0. The third-order valence-corrected chi connectivity index (χ3v) is 5.18. The van der Waals surface area contributed by atoms with Gasteiger partial charge in [-0.1, -0.05) is 36.8 Å². The molecule has 2 heterocycles. The van der Waals surface area contributed by atoms with Gasteiger partial charge in [-0.3, -0.25) is 0 Å². The van der Waals surface area contributed by atoms with Crippen molar-refractivity contribution in [2.75, 3.05) is 18.0 Å². The van der Waals surface area contributed by atoms with Gasteiger partial charge in [0, 0.05) is 19.0 Å². The average Bonchev–Trinajstić information content (AvgIpc) is 3.12. The number of carboxylic acid groups (broad SMARTS) is 1. The van der Waals surface area contributed by atoms with E-state index < -0.39 is 5.97 Å². The van der Waals surface area contributed by atoms with E-state index in [1.807, 2.05) is 6.07 Å². The van der Waals surface area contributed by atoms with Crippen LogP contribution in [0.4, 0.5) is 6.01 Å². The molecule has 1 aliphatic carbocycles. The minimum atomic E-state index is -1.05. The zero-order valence-corrected chi connectivity index (χ0v) is 12.2. The third-order valence-electron chi connectivity index (χ3n) is 5.18. The van der Waals surface area contributed by atoms with Crippen molar-refractivity contribution in [3.63, 3.8) is 0 Å². The molecule has 2 aromatic rings. The van der Waals surface area contributed by atoms with Crippen LogP contribution >= 0.6 is 0 Å². The second-order valence-corrected chi connectivity index (χ2v) is 6.38. The SMILES string of the molecule is O=C(O)c1coc(N2CC(c3ccccc3)C3(CCC3)C2)n1. The Balaban J connectivity index is 1.63. The molecule has 2 aliphatic rings. The highest BCUT2D eigenvalue weighted by molar-refractivity contribution is 5.85. The van der Waals surface area contributed by atoms with E-state index in [-0.39, 0.29) is 5.69 Å². The predicted molar refractivity (Wildman–Crippen MR) is 81.1 cm³/mol. The third kappa shape index (κ3) is 2.00. The first-order valence-corrected chi connectivity index (χ1v) is 7.67. The summed E-state index contributed by atoms with van der Waals surface area (Å²) in [5.41, 5.74) is 1.62. The molecular weight excluding hydrogens is 280 g/mol. The summed E-state index contributed by atoms with van der Waals surface area (Å²) in [5.74, 6) is -0.588. The molecule has 0 radical (unpaired) electrons. The fraction of sp³-hybridized carbons (Fsp3) is 0.412. The summed E-state index contributed by atoms with van der Waals surface area (Å²) in [7, 11) is 0. The van der Waals surface area contributed by atoms with E-state index in [0.29, 0.717) is 17.3 Å². The molecular formula is C17H18N2O3. The van der Waals surface area contributed by atoms with Crippen LogP contribution in [0, 0.1) is 5.41 Å². The number of benzene rings is 1. The molecule has 4 rings (SSSR count). The maximum absolute atomic E-state index is 11.0. The van der Waals surface area contributed by atoms with Crippen molar-refractivity contribution in [2.24, 2.45) is 5.41 Å². The van der Waals surface area contributed by atoms with Gasteiger partial charge in [0.25, 0.3) is 6.01 Å². The molecule has 5 heteroatoms. The predicted octanol–water partition coefficient (Wildman–Crippen LogP) is 3.15. The maximum Gasteiger partial charge on any atom is 0.357 e. The second kappa shape index (κ2) is 4.87. The van der Waals surface area contributed by atoms with Gasteiger partial charge < -0.3 is 14.4 Å². The average molecular weight is 298 g/mol. The molecule has 1 aromatic carbocycles. The summed E-state index contributed by atoms with van der Waals surface area (Å²) in [4.78, 5) is 17.2. The van der Waals surface area contributed by atoms with Gasteiger partial charge in [0.15, 0.2) is 5.69 Å². The van der Waals surface area contributed by atoms with E-state index in [1.54, 1.807) is 0 Å². The summed E-state index contributed by atoms with van der Waals surface area (Å²) in [6.07, 6.45) is 4.93. The summed E-state index contributed by atoms with van der Waals surface area (Å²) in [6.45, 7) is 1.73. The van der Waals surface area contributed by atoms with Gasteiger partial charge in [-0.15, -0.1) is 0 Å². The minimum absolute atomic E-state index is 0.0270. The standard InChI is InChI=1S/C17H18N2O3/c20-15(21)14-10-22-16(18-14)19-9-13(12-5-2-1-3-6-12)17(11-19)7-4-8-17/h1-3,5-6,10,13H,4,7-9,11H2,(H,20,21). The van der Waals surface area contributed by atoms with Crippen molar-refractivity contribution in [1.82, 2.24) is 4.98 Å². The van der Waals surface area contributed by atoms with Crippen LogP contribution in [0.15, 0.2) is 41.0 Å². The summed E-state index contributed by atoms with van der Waals surface area (Å²) < 4.78 is 5.39. The van der Waals surface area contributed by atoms with Crippen molar-refractivity contribution >= 4 is 12.0 Å². The molecule has 1 aromatic heterocycles. The van der Waals surface area contributed by atoms with Crippen molar-refractivity contribution < 1.29 is 14.3 Å². The van der Waals surface area contributed by atoms with Crippen LogP contribution in [-0.4, -0.2) is 29.1 Å². The topological polar surface area (TPSA) is 66.6 Å². The fourth-order valence-electron chi connectivity index (χ4n) is 3.90. The second-order valence-electron chi connectivity index (χ2n) is 6.38.